The fraction of sp³-hybridized carbons (Fsp3) is 0.789. The average molecular weight is 291 g/mol. The standard InChI is InChI=1S/C19H33NO/c1-5-7-8-16-9-11-17(12-10-16)19(20-6-2)18-13-14(3)21-15(18)4/h13,16-17,19-20H,5-12H2,1-4H3. The highest BCUT2D eigenvalue weighted by molar-refractivity contribution is 5.25. The highest BCUT2D eigenvalue weighted by atomic mass is 16.3. The van der Waals surface area contributed by atoms with Crippen LogP contribution in [0.4, 0.5) is 0 Å². The number of furan rings is 1. The van der Waals surface area contributed by atoms with Gasteiger partial charge in [-0.1, -0.05) is 46.0 Å². The van der Waals surface area contributed by atoms with Crippen LogP contribution in [0.5, 0.6) is 0 Å². The first-order valence-electron chi connectivity index (χ1n) is 8.96. The van der Waals surface area contributed by atoms with E-state index in [0.717, 1.165) is 29.9 Å². The SMILES string of the molecule is CCCCC1CCC(C(NCC)c2cc(C)oc2C)CC1. The maximum atomic E-state index is 5.77. The predicted molar refractivity (Wildman–Crippen MR) is 89.6 cm³/mol. The molecule has 0 bridgehead atoms. The summed E-state index contributed by atoms with van der Waals surface area (Å²) in [5.74, 6) is 3.91. The van der Waals surface area contributed by atoms with E-state index in [-0.39, 0.29) is 0 Å². The number of rotatable bonds is 7. The molecule has 1 aliphatic rings. The molecule has 2 nitrogen and oxygen atoms in total. The Morgan fingerprint density at radius 1 is 1.19 bits per heavy atom. The zero-order chi connectivity index (χ0) is 15.2. The molecule has 1 aliphatic carbocycles. The summed E-state index contributed by atoms with van der Waals surface area (Å²) < 4.78 is 5.77. The molecule has 1 aromatic heterocycles. The average Bonchev–Trinajstić information content (AvgIpc) is 2.82. The van der Waals surface area contributed by atoms with Gasteiger partial charge in [-0.25, -0.2) is 0 Å². The van der Waals surface area contributed by atoms with Crippen molar-refractivity contribution in [2.24, 2.45) is 11.8 Å². The minimum atomic E-state index is 0.486. The van der Waals surface area contributed by atoms with Gasteiger partial charge in [0.25, 0.3) is 0 Å². The summed E-state index contributed by atoms with van der Waals surface area (Å²) in [7, 11) is 0. The van der Waals surface area contributed by atoms with Gasteiger partial charge in [-0.05, 0) is 51.1 Å². The van der Waals surface area contributed by atoms with E-state index in [1.807, 2.05) is 0 Å². The molecule has 1 fully saturated rings. The van der Waals surface area contributed by atoms with Crippen molar-refractivity contribution in [3.63, 3.8) is 0 Å². The van der Waals surface area contributed by atoms with E-state index in [1.54, 1.807) is 0 Å². The van der Waals surface area contributed by atoms with E-state index in [1.165, 1.54) is 50.5 Å². The predicted octanol–water partition coefficient (Wildman–Crippen LogP) is 5.54. The van der Waals surface area contributed by atoms with Crippen molar-refractivity contribution in [1.29, 1.82) is 0 Å². The summed E-state index contributed by atoms with van der Waals surface area (Å²) in [5, 5.41) is 3.72. The third kappa shape index (κ3) is 4.35. The third-order valence-electron chi connectivity index (χ3n) is 5.17. The van der Waals surface area contributed by atoms with Crippen LogP contribution in [0.1, 0.15) is 81.9 Å². The van der Waals surface area contributed by atoms with E-state index in [9.17, 15) is 0 Å². The number of hydrogen-bond acceptors (Lipinski definition) is 2. The smallest absolute Gasteiger partial charge is 0.105 e. The summed E-state index contributed by atoms with van der Waals surface area (Å²) in [4.78, 5) is 0. The van der Waals surface area contributed by atoms with E-state index >= 15 is 0 Å². The highest BCUT2D eigenvalue weighted by Crippen LogP contribution is 2.39. The summed E-state index contributed by atoms with van der Waals surface area (Å²) in [6.07, 6.45) is 9.77. The highest BCUT2D eigenvalue weighted by Gasteiger charge is 2.29. The van der Waals surface area contributed by atoms with Gasteiger partial charge in [0.2, 0.25) is 0 Å². The third-order valence-corrected chi connectivity index (χ3v) is 5.17. The molecule has 0 amide bonds. The molecule has 0 radical (unpaired) electrons. The molecule has 120 valence electrons. The molecule has 21 heavy (non-hydrogen) atoms. The second kappa shape index (κ2) is 8.03. The first-order valence-corrected chi connectivity index (χ1v) is 8.96. The van der Waals surface area contributed by atoms with E-state index < -0.39 is 0 Å². The van der Waals surface area contributed by atoms with E-state index in [4.69, 9.17) is 4.42 Å². The first kappa shape index (κ1) is 16.6. The molecule has 1 saturated carbocycles. The Kier molecular flexibility index (Phi) is 6.35. The molecular formula is C19H33NO. The minimum Gasteiger partial charge on any atom is -0.466 e. The monoisotopic (exact) mass is 291 g/mol. The Hall–Kier alpha value is -0.760. The van der Waals surface area contributed by atoms with Gasteiger partial charge in [-0.2, -0.15) is 0 Å². The maximum absolute atomic E-state index is 5.77. The van der Waals surface area contributed by atoms with E-state index in [2.05, 4.69) is 39.1 Å². The molecule has 0 aliphatic heterocycles. The molecule has 2 heteroatoms. The topological polar surface area (TPSA) is 25.2 Å². The van der Waals surface area contributed by atoms with Gasteiger partial charge in [-0.15, -0.1) is 0 Å². The van der Waals surface area contributed by atoms with Crippen molar-refractivity contribution in [1.82, 2.24) is 5.32 Å². The normalized spacial score (nSPS) is 24.2. The number of unbranched alkanes of at least 4 members (excludes halogenated alkanes) is 1. The Bertz CT molecular complexity index is 415. The van der Waals surface area contributed by atoms with Crippen molar-refractivity contribution in [2.75, 3.05) is 6.54 Å². The van der Waals surface area contributed by atoms with Crippen LogP contribution in [-0.2, 0) is 0 Å². The zero-order valence-electron chi connectivity index (χ0n) is 14.4. The molecular weight excluding hydrogens is 258 g/mol. The fourth-order valence-electron chi connectivity index (χ4n) is 4.01. The lowest BCUT2D eigenvalue weighted by molar-refractivity contribution is 0.213. The fourth-order valence-corrected chi connectivity index (χ4v) is 4.01. The van der Waals surface area contributed by atoms with Gasteiger partial charge in [0.15, 0.2) is 0 Å². The van der Waals surface area contributed by atoms with Crippen LogP contribution in [0.15, 0.2) is 10.5 Å². The lowest BCUT2D eigenvalue weighted by atomic mass is 9.75. The van der Waals surface area contributed by atoms with Crippen molar-refractivity contribution < 1.29 is 4.42 Å². The summed E-state index contributed by atoms with van der Waals surface area (Å²) in [5.41, 5.74) is 1.39. The summed E-state index contributed by atoms with van der Waals surface area (Å²) >= 11 is 0. The molecule has 1 N–H and O–H groups in total. The first-order chi connectivity index (χ1) is 10.2. The molecule has 1 atom stereocenters. The van der Waals surface area contributed by atoms with Crippen molar-refractivity contribution >= 4 is 0 Å². The van der Waals surface area contributed by atoms with Crippen LogP contribution in [0.3, 0.4) is 0 Å². The second-order valence-electron chi connectivity index (χ2n) is 6.83. The van der Waals surface area contributed by atoms with Gasteiger partial charge in [-0.3, -0.25) is 0 Å². The molecule has 0 saturated heterocycles. The maximum Gasteiger partial charge on any atom is 0.105 e. The number of aryl methyl sites for hydroxylation is 2. The Labute approximate surface area is 130 Å². The van der Waals surface area contributed by atoms with Crippen LogP contribution in [0.25, 0.3) is 0 Å². The van der Waals surface area contributed by atoms with Gasteiger partial charge < -0.3 is 9.73 Å². The van der Waals surface area contributed by atoms with Crippen molar-refractivity contribution in [3.8, 4) is 0 Å². The van der Waals surface area contributed by atoms with Crippen molar-refractivity contribution in [3.05, 3.63) is 23.2 Å². The van der Waals surface area contributed by atoms with Crippen LogP contribution in [0, 0.1) is 25.7 Å². The number of nitrogens with one attached hydrogen (secondary N) is 1. The molecule has 0 spiro atoms. The Morgan fingerprint density at radius 2 is 1.90 bits per heavy atom. The van der Waals surface area contributed by atoms with Crippen molar-refractivity contribution in [2.45, 2.75) is 78.7 Å². The van der Waals surface area contributed by atoms with E-state index in [0.29, 0.717) is 6.04 Å². The van der Waals surface area contributed by atoms with Gasteiger partial charge in [0.1, 0.15) is 11.5 Å². The largest absolute Gasteiger partial charge is 0.466 e. The molecule has 2 rings (SSSR count). The van der Waals surface area contributed by atoms with Gasteiger partial charge in [0, 0.05) is 11.6 Å². The van der Waals surface area contributed by atoms with Crippen LogP contribution in [0.2, 0.25) is 0 Å². The Balaban J connectivity index is 1.98. The molecule has 1 unspecified atom stereocenters. The molecule has 1 aromatic rings. The van der Waals surface area contributed by atoms with Crippen LogP contribution in [-0.4, -0.2) is 6.54 Å². The lowest BCUT2D eigenvalue weighted by Gasteiger charge is -2.34. The minimum absolute atomic E-state index is 0.486. The zero-order valence-corrected chi connectivity index (χ0v) is 14.4. The lowest BCUT2D eigenvalue weighted by Crippen LogP contribution is -2.31. The number of hydrogen-bond donors (Lipinski definition) is 1. The van der Waals surface area contributed by atoms with Crippen LogP contribution < -0.4 is 5.32 Å². The molecule has 0 aromatic carbocycles. The van der Waals surface area contributed by atoms with Crippen LogP contribution >= 0.6 is 0 Å². The summed E-state index contributed by atoms with van der Waals surface area (Å²) in [6.45, 7) is 9.71. The second-order valence-corrected chi connectivity index (χ2v) is 6.83. The quantitative estimate of drug-likeness (QED) is 0.713. The van der Waals surface area contributed by atoms with Gasteiger partial charge >= 0.3 is 0 Å². The Morgan fingerprint density at radius 3 is 2.43 bits per heavy atom. The summed E-state index contributed by atoms with van der Waals surface area (Å²) in [6, 6.07) is 2.73. The van der Waals surface area contributed by atoms with Gasteiger partial charge in [0.05, 0.1) is 0 Å². The molecule has 1 heterocycles.